The minimum atomic E-state index is -0.346. The smallest absolute Gasteiger partial charge is 0.255 e. The first-order chi connectivity index (χ1) is 9.51. The van der Waals surface area contributed by atoms with E-state index in [4.69, 9.17) is 5.26 Å². The molecular weight excluding hydrogens is 323 g/mol. The van der Waals surface area contributed by atoms with Gasteiger partial charge in [-0.05, 0) is 64.8 Å². The molecule has 0 atom stereocenters. The largest absolute Gasteiger partial charge is 0.321 e. The Balaban J connectivity index is 2.23. The van der Waals surface area contributed by atoms with Crippen molar-refractivity contribution in [1.82, 2.24) is 0 Å². The fraction of sp³-hybridized carbons (Fsp3) is 0.0667. The zero-order chi connectivity index (χ0) is 14.7. The van der Waals surface area contributed by atoms with E-state index in [2.05, 4.69) is 21.2 Å². The lowest BCUT2D eigenvalue weighted by Crippen LogP contribution is -2.12. The van der Waals surface area contributed by atoms with Crippen LogP contribution in [0.25, 0.3) is 0 Å². The van der Waals surface area contributed by atoms with Gasteiger partial charge in [-0.2, -0.15) is 5.26 Å². The number of benzene rings is 2. The summed E-state index contributed by atoms with van der Waals surface area (Å²) >= 11 is 3.29. The molecule has 0 heterocycles. The standard InChI is InChI=1S/C15H10BrFN2O/c1-9-6-11(3-4-13(9)17)15(20)19-14-5-2-10(8-18)7-12(14)16/h2-7H,1H3,(H,19,20). The lowest BCUT2D eigenvalue weighted by Gasteiger charge is -2.08. The molecule has 0 spiro atoms. The second-order valence-corrected chi connectivity index (χ2v) is 5.08. The normalized spacial score (nSPS) is 9.90. The number of hydrogen-bond acceptors (Lipinski definition) is 2. The molecule has 0 saturated carbocycles. The van der Waals surface area contributed by atoms with Crippen LogP contribution in [0.3, 0.4) is 0 Å². The van der Waals surface area contributed by atoms with Gasteiger partial charge < -0.3 is 5.32 Å². The number of nitrogens with zero attached hydrogens (tertiary/aromatic N) is 1. The van der Waals surface area contributed by atoms with E-state index in [0.717, 1.165) is 0 Å². The molecule has 2 rings (SSSR count). The van der Waals surface area contributed by atoms with Crippen LogP contribution in [0.2, 0.25) is 0 Å². The summed E-state index contributed by atoms with van der Waals surface area (Å²) in [5.74, 6) is -0.681. The predicted molar refractivity (Wildman–Crippen MR) is 77.9 cm³/mol. The van der Waals surface area contributed by atoms with Gasteiger partial charge in [0.15, 0.2) is 0 Å². The first-order valence-electron chi connectivity index (χ1n) is 5.78. The van der Waals surface area contributed by atoms with Crippen molar-refractivity contribution in [2.75, 3.05) is 5.32 Å². The van der Waals surface area contributed by atoms with Gasteiger partial charge in [0.2, 0.25) is 0 Å². The Labute approximate surface area is 124 Å². The minimum absolute atomic E-state index is 0.335. The van der Waals surface area contributed by atoms with Crippen molar-refractivity contribution in [1.29, 1.82) is 5.26 Å². The van der Waals surface area contributed by atoms with Gasteiger partial charge in [0, 0.05) is 10.0 Å². The third kappa shape index (κ3) is 3.03. The van der Waals surface area contributed by atoms with E-state index in [1.165, 1.54) is 18.2 Å². The molecule has 0 aliphatic rings. The lowest BCUT2D eigenvalue weighted by atomic mass is 10.1. The molecule has 20 heavy (non-hydrogen) atoms. The third-order valence-corrected chi connectivity index (χ3v) is 3.42. The summed E-state index contributed by atoms with van der Waals surface area (Å²) in [4.78, 5) is 12.1. The summed E-state index contributed by atoms with van der Waals surface area (Å²) < 4.78 is 13.8. The van der Waals surface area contributed by atoms with Crippen molar-refractivity contribution in [2.24, 2.45) is 0 Å². The molecule has 0 fully saturated rings. The first-order valence-corrected chi connectivity index (χ1v) is 6.57. The molecule has 1 amide bonds. The molecule has 0 unspecified atom stereocenters. The first kappa shape index (κ1) is 14.2. The van der Waals surface area contributed by atoms with E-state index in [9.17, 15) is 9.18 Å². The van der Waals surface area contributed by atoms with Gasteiger partial charge in [-0.1, -0.05) is 0 Å². The van der Waals surface area contributed by atoms with E-state index in [0.29, 0.717) is 26.9 Å². The molecule has 0 radical (unpaired) electrons. The number of amides is 1. The van der Waals surface area contributed by atoms with Crippen molar-refractivity contribution < 1.29 is 9.18 Å². The number of halogens is 2. The lowest BCUT2D eigenvalue weighted by molar-refractivity contribution is 0.102. The minimum Gasteiger partial charge on any atom is -0.321 e. The van der Waals surface area contributed by atoms with Crippen LogP contribution < -0.4 is 5.32 Å². The van der Waals surface area contributed by atoms with E-state index in [-0.39, 0.29) is 11.7 Å². The molecule has 1 N–H and O–H groups in total. The third-order valence-electron chi connectivity index (χ3n) is 2.77. The van der Waals surface area contributed by atoms with Gasteiger partial charge in [-0.3, -0.25) is 4.79 Å². The summed E-state index contributed by atoms with van der Waals surface area (Å²) in [5, 5.41) is 11.5. The quantitative estimate of drug-likeness (QED) is 0.902. The van der Waals surface area contributed by atoms with Crippen LogP contribution in [0.1, 0.15) is 21.5 Å². The molecule has 5 heteroatoms. The zero-order valence-corrected chi connectivity index (χ0v) is 12.2. The molecule has 3 nitrogen and oxygen atoms in total. The van der Waals surface area contributed by atoms with Crippen molar-refractivity contribution >= 4 is 27.5 Å². The number of aryl methyl sites for hydroxylation is 1. The number of carbonyl (C=O) groups excluding carboxylic acids is 1. The Morgan fingerprint density at radius 3 is 2.65 bits per heavy atom. The maximum absolute atomic E-state index is 13.2. The van der Waals surface area contributed by atoms with Gasteiger partial charge in [-0.25, -0.2) is 4.39 Å². The van der Waals surface area contributed by atoms with Crippen LogP contribution in [0.5, 0.6) is 0 Å². The number of anilines is 1. The van der Waals surface area contributed by atoms with E-state index in [1.54, 1.807) is 25.1 Å². The van der Waals surface area contributed by atoms with Crippen LogP contribution in [-0.2, 0) is 0 Å². The number of rotatable bonds is 2. The number of nitrogens with one attached hydrogen (secondary N) is 1. The van der Waals surface area contributed by atoms with Crippen molar-refractivity contribution in [2.45, 2.75) is 6.92 Å². The fourth-order valence-electron chi connectivity index (χ4n) is 1.67. The Bertz CT molecular complexity index is 722. The molecular formula is C15H10BrFN2O. The predicted octanol–water partition coefficient (Wildman–Crippen LogP) is 4.02. The van der Waals surface area contributed by atoms with E-state index in [1.807, 2.05) is 6.07 Å². The Hall–Kier alpha value is -2.19. The van der Waals surface area contributed by atoms with Crippen LogP contribution >= 0.6 is 15.9 Å². The Kier molecular flexibility index (Phi) is 4.16. The molecule has 2 aromatic carbocycles. The highest BCUT2D eigenvalue weighted by molar-refractivity contribution is 9.10. The van der Waals surface area contributed by atoms with Gasteiger partial charge in [0.25, 0.3) is 5.91 Å². The van der Waals surface area contributed by atoms with Crippen LogP contribution in [-0.4, -0.2) is 5.91 Å². The van der Waals surface area contributed by atoms with Gasteiger partial charge in [0.05, 0.1) is 17.3 Å². The second kappa shape index (κ2) is 5.85. The summed E-state index contributed by atoms with van der Waals surface area (Å²) in [6.07, 6.45) is 0. The summed E-state index contributed by atoms with van der Waals surface area (Å²) in [7, 11) is 0. The average Bonchev–Trinajstić information content (AvgIpc) is 2.43. The highest BCUT2D eigenvalue weighted by Crippen LogP contribution is 2.24. The van der Waals surface area contributed by atoms with Gasteiger partial charge >= 0.3 is 0 Å². The molecule has 0 saturated heterocycles. The second-order valence-electron chi connectivity index (χ2n) is 4.22. The number of nitriles is 1. The van der Waals surface area contributed by atoms with Crippen LogP contribution in [0.4, 0.5) is 10.1 Å². The molecule has 0 aromatic heterocycles. The highest BCUT2D eigenvalue weighted by atomic mass is 79.9. The Morgan fingerprint density at radius 1 is 1.30 bits per heavy atom. The SMILES string of the molecule is Cc1cc(C(=O)Nc2ccc(C#N)cc2Br)ccc1F. The molecule has 0 aliphatic heterocycles. The van der Waals surface area contributed by atoms with Gasteiger partial charge in [-0.15, -0.1) is 0 Å². The summed E-state index contributed by atoms with van der Waals surface area (Å²) in [6, 6.07) is 11.0. The van der Waals surface area contributed by atoms with Crippen molar-refractivity contribution in [3.63, 3.8) is 0 Å². The topological polar surface area (TPSA) is 52.9 Å². The van der Waals surface area contributed by atoms with Crippen molar-refractivity contribution in [3.05, 3.63) is 63.4 Å². The monoisotopic (exact) mass is 332 g/mol. The van der Waals surface area contributed by atoms with Crippen LogP contribution in [0.15, 0.2) is 40.9 Å². The highest BCUT2D eigenvalue weighted by Gasteiger charge is 2.10. The Morgan fingerprint density at radius 2 is 2.05 bits per heavy atom. The van der Waals surface area contributed by atoms with E-state index < -0.39 is 0 Å². The fourth-order valence-corrected chi connectivity index (χ4v) is 2.14. The molecule has 2 aromatic rings. The maximum atomic E-state index is 13.2. The number of carbonyl (C=O) groups is 1. The summed E-state index contributed by atoms with van der Waals surface area (Å²) in [5.41, 5.74) is 1.83. The zero-order valence-electron chi connectivity index (χ0n) is 10.6. The maximum Gasteiger partial charge on any atom is 0.255 e. The summed E-state index contributed by atoms with van der Waals surface area (Å²) in [6.45, 7) is 1.60. The van der Waals surface area contributed by atoms with Crippen molar-refractivity contribution in [3.8, 4) is 6.07 Å². The van der Waals surface area contributed by atoms with Crippen LogP contribution in [0, 0.1) is 24.1 Å². The molecule has 0 bridgehead atoms. The number of hydrogen-bond donors (Lipinski definition) is 1. The van der Waals surface area contributed by atoms with E-state index >= 15 is 0 Å². The van der Waals surface area contributed by atoms with Gasteiger partial charge in [0.1, 0.15) is 5.82 Å². The molecule has 0 aliphatic carbocycles. The average molecular weight is 333 g/mol. The molecule has 100 valence electrons.